The molecular weight excluding hydrogens is 585 g/mol. The van der Waals surface area contributed by atoms with Crippen molar-refractivity contribution in [1.82, 2.24) is 15.0 Å². The minimum atomic E-state index is 0.130. The second-order valence-corrected chi connectivity index (χ2v) is 14.4. The molecule has 3 fully saturated rings. The first-order valence-electron chi connectivity index (χ1n) is 17.2. The number of nitrogens with zero attached hydrogens (tertiary/aromatic N) is 4. The molecule has 0 spiro atoms. The molecule has 48 heavy (non-hydrogen) atoms. The number of rotatable bonds is 6. The third-order valence-corrected chi connectivity index (χ3v) is 11.4. The molecule has 4 nitrogen and oxygen atoms in total. The summed E-state index contributed by atoms with van der Waals surface area (Å²) in [5.74, 6) is 5.56. The normalized spacial score (nSPS) is 23.7. The predicted molar refractivity (Wildman–Crippen MR) is 192 cm³/mol. The summed E-state index contributed by atoms with van der Waals surface area (Å²) >= 11 is 0. The smallest absolute Gasteiger partial charge is 0.164 e. The van der Waals surface area contributed by atoms with E-state index in [0.717, 1.165) is 68.2 Å². The Kier molecular flexibility index (Phi) is 6.83. The maximum Gasteiger partial charge on any atom is 0.164 e. The summed E-state index contributed by atoms with van der Waals surface area (Å²) < 4.78 is 0. The van der Waals surface area contributed by atoms with Crippen molar-refractivity contribution >= 4 is 0 Å². The minimum Gasteiger partial charge on any atom is -0.208 e. The monoisotopic (exact) mass is 620 g/mol. The fourth-order valence-corrected chi connectivity index (χ4v) is 9.09. The molecule has 0 radical (unpaired) electrons. The van der Waals surface area contributed by atoms with Gasteiger partial charge in [-0.25, -0.2) is 15.0 Å². The Balaban J connectivity index is 1.18. The third-order valence-electron chi connectivity index (χ3n) is 11.4. The van der Waals surface area contributed by atoms with Crippen LogP contribution >= 0.6 is 0 Å². The minimum absolute atomic E-state index is 0.130. The summed E-state index contributed by atoms with van der Waals surface area (Å²) in [6.45, 7) is 2.44. The highest BCUT2D eigenvalue weighted by atomic mass is 15.0. The molecule has 3 aliphatic carbocycles. The molecule has 0 saturated heterocycles. The van der Waals surface area contributed by atoms with E-state index in [2.05, 4.69) is 73.7 Å². The molecule has 5 aromatic carbocycles. The standard InChI is InChI=1S/C44H36N4/c1-44(25-35-22-33-23-36(26-44)40(33)35)38-17-18-39(37(24-38)27-45)32-19-31(28-11-5-2-6-12-28)20-34(21-32)43-47-41(29-13-7-3-8-14-29)46-42(48-43)30-15-9-4-10-16-30/h2-21,24,33,35-36,40H,22-23,25-26H2,1H3/t33-,35+,36-,40?,44?. The van der Waals surface area contributed by atoms with E-state index < -0.39 is 0 Å². The van der Waals surface area contributed by atoms with E-state index in [1.807, 2.05) is 66.7 Å². The Morgan fingerprint density at radius 1 is 0.542 bits per heavy atom. The maximum atomic E-state index is 10.6. The van der Waals surface area contributed by atoms with Crippen molar-refractivity contribution in [3.8, 4) is 62.5 Å². The molecule has 3 aliphatic rings. The Bertz CT molecular complexity index is 2110. The number of nitriles is 1. The van der Waals surface area contributed by atoms with Gasteiger partial charge in [0, 0.05) is 16.7 Å². The number of benzene rings is 5. The first kappa shape index (κ1) is 28.8. The maximum absolute atomic E-state index is 10.6. The van der Waals surface area contributed by atoms with Crippen molar-refractivity contribution < 1.29 is 0 Å². The van der Waals surface area contributed by atoms with Crippen LogP contribution in [0.1, 0.15) is 43.7 Å². The fourth-order valence-electron chi connectivity index (χ4n) is 9.09. The highest BCUT2D eigenvalue weighted by molar-refractivity contribution is 5.82. The highest BCUT2D eigenvalue weighted by Gasteiger charge is 2.59. The van der Waals surface area contributed by atoms with Gasteiger partial charge in [-0.1, -0.05) is 110 Å². The molecule has 3 saturated carbocycles. The first-order chi connectivity index (χ1) is 23.5. The molecule has 2 unspecified atom stereocenters. The van der Waals surface area contributed by atoms with Gasteiger partial charge >= 0.3 is 0 Å². The summed E-state index contributed by atoms with van der Waals surface area (Å²) in [6, 6.07) is 46.3. The van der Waals surface area contributed by atoms with Crippen molar-refractivity contribution in [3.05, 3.63) is 139 Å². The lowest BCUT2D eigenvalue weighted by Crippen LogP contribution is -2.58. The van der Waals surface area contributed by atoms with Crippen molar-refractivity contribution in [2.45, 2.75) is 38.0 Å². The molecule has 5 atom stereocenters. The summed E-state index contributed by atoms with van der Waals surface area (Å²) in [4.78, 5) is 15.0. The molecule has 1 heterocycles. The van der Waals surface area contributed by atoms with Crippen LogP contribution in [0.25, 0.3) is 56.4 Å². The van der Waals surface area contributed by atoms with Crippen LogP contribution in [0.4, 0.5) is 0 Å². The van der Waals surface area contributed by atoms with Crippen molar-refractivity contribution in [2.75, 3.05) is 0 Å². The molecule has 0 bridgehead atoms. The van der Waals surface area contributed by atoms with Gasteiger partial charge in [-0.15, -0.1) is 0 Å². The van der Waals surface area contributed by atoms with Crippen LogP contribution in [-0.4, -0.2) is 15.0 Å². The Hall–Kier alpha value is -5.40. The average molecular weight is 621 g/mol. The van der Waals surface area contributed by atoms with Gasteiger partial charge in [-0.2, -0.15) is 5.26 Å². The van der Waals surface area contributed by atoms with Crippen LogP contribution in [0.2, 0.25) is 0 Å². The quantitative estimate of drug-likeness (QED) is 0.186. The van der Waals surface area contributed by atoms with E-state index in [4.69, 9.17) is 15.0 Å². The van der Waals surface area contributed by atoms with Gasteiger partial charge in [0.1, 0.15) is 0 Å². The van der Waals surface area contributed by atoms with Crippen molar-refractivity contribution in [2.24, 2.45) is 23.7 Å². The zero-order valence-electron chi connectivity index (χ0n) is 27.1. The average Bonchev–Trinajstić information content (AvgIpc) is 3.13. The van der Waals surface area contributed by atoms with E-state index in [0.29, 0.717) is 17.5 Å². The first-order valence-corrected chi connectivity index (χ1v) is 17.2. The molecule has 4 heteroatoms. The molecule has 0 aliphatic heterocycles. The molecule has 9 rings (SSSR count). The summed E-state index contributed by atoms with van der Waals surface area (Å²) in [5, 5.41) is 10.6. The van der Waals surface area contributed by atoms with E-state index in [9.17, 15) is 5.26 Å². The van der Waals surface area contributed by atoms with Crippen LogP contribution in [0.5, 0.6) is 0 Å². The summed E-state index contributed by atoms with van der Waals surface area (Å²) in [6.07, 6.45) is 5.30. The van der Waals surface area contributed by atoms with Gasteiger partial charge in [0.2, 0.25) is 0 Å². The van der Waals surface area contributed by atoms with Crippen LogP contribution in [-0.2, 0) is 5.41 Å². The van der Waals surface area contributed by atoms with Gasteiger partial charge in [0.15, 0.2) is 17.5 Å². The predicted octanol–water partition coefficient (Wildman–Crippen LogP) is 10.4. The SMILES string of the molecule is CC1(c2ccc(-c3cc(-c4ccccc4)cc(-c4nc(-c5ccccc5)nc(-c5ccccc5)n4)c3)c(C#N)c2)C[C@H]2C[C@H]3C[C@@H](C1)C32. The van der Waals surface area contributed by atoms with Crippen LogP contribution < -0.4 is 0 Å². The molecule has 1 aromatic heterocycles. The largest absolute Gasteiger partial charge is 0.208 e. The lowest BCUT2D eigenvalue weighted by atomic mass is 9.39. The Morgan fingerprint density at radius 2 is 1.04 bits per heavy atom. The van der Waals surface area contributed by atoms with Gasteiger partial charge in [-0.3, -0.25) is 0 Å². The Labute approximate surface area is 282 Å². The molecule has 0 N–H and O–H groups in total. The topological polar surface area (TPSA) is 62.5 Å². The molecule has 0 amide bonds. The van der Waals surface area contributed by atoms with Crippen LogP contribution in [0.3, 0.4) is 0 Å². The fraction of sp³-hybridized carbons (Fsp3) is 0.227. The Morgan fingerprint density at radius 3 is 1.58 bits per heavy atom. The second-order valence-electron chi connectivity index (χ2n) is 14.4. The number of aromatic nitrogens is 3. The van der Waals surface area contributed by atoms with Crippen molar-refractivity contribution in [3.63, 3.8) is 0 Å². The lowest BCUT2D eigenvalue weighted by Gasteiger charge is -2.65. The van der Waals surface area contributed by atoms with Crippen LogP contribution in [0, 0.1) is 35.0 Å². The van der Waals surface area contributed by atoms with Gasteiger partial charge in [0.05, 0.1) is 11.6 Å². The summed E-state index contributed by atoms with van der Waals surface area (Å²) in [5.41, 5.74) is 8.97. The summed E-state index contributed by atoms with van der Waals surface area (Å²) in [7, 11) is 0. The molecular formula is C44H36N4. The van der Waals surface area contributed by atoms with E-state index in [1.165, 1.54) is 31.2 Å². The molecule has 6 aromatic rings. The van der Waals surface area contributed by atoms with Gasteiger partial charge in [0.25, 0.3) is 0 Å². The highest BCUT2D eigenvalue weighted by Crippen LogP contribution is 2.67. The van der Waals surface area contributed by atoms with E-state index in [-0.39, 0.29) is 5.41 Å². The zero-order chi connectivity index (χ0) is 32.2. The van der Waals surface area contributed by atoms with E-state index >= 15 is 0 Å². The zero-order valence-corrected chi connectivity index (χ0v) is 27.1. The van der Waals surface area contributed by atoms with Crippen molar-refractivity contribution in [1.29, 1.82) is 5.26 Å². The number of hydrogen-bond acceptors (Lipinski definition) is 4. The second kappa shape index (κ2) is 11.4. The number of hydrogen-bond donors (Lipinski definition) is 0. The van der Waals surface area contributed by atoms with Gasteiger partial charge in [-0.05, 0) is 107 Å². The van der Waals surface area contributed by atoms with Crippen LogP contribution in [0.15, 0.2) is 127 Å². The van der Waals surface area contributed by atoms with E-state index in [1.54, 1.807) is 0 Å². The lowest BCUT2D eigenvalue weighted by molar-refractivity contribution is -0.141. The molecule has 232 valence electrons. The van der Waals surface area contributed by atoms with Gasteiger partial charge < -0.3 is 0 Å². The third kappa shape index (κ3) is 4.93.